The Labute approximate surface area is 424 Å². The van der Waals surface area contributed by atoms with Crippen LogP contribution in [0.5, 0.6) is 23.0 Å². The third-order valence-corrected chi connectivity index (χ3v) is 14.3. The second kappa shape index (κ2) is 21.4. The van der Waals surface area contributed by atoms with Gasteiger partial charge in [0.15, 0.2) is 25.2 Å². The summed E-state index contributed by atoms with van der Waals surface area (Å²) in [7, 11) is 0. The maximum atomic E-state index is 10.8. The molecule has 0 saturated carbocycles. The predicted octanol–water partition coefficient (Wildman–Crippen LogP) is 8.38. The Bertz CT molecular complexity index is 2570. The lowest BCUT2D eigenvalue weighted by molar-refractivity contribution is -0.367. The highest BCUT2D eigenvalue weighted by Crippen LogP contribution is 2.41. The number of aliphatic hydroxyl groups excluding tert-OH is 4. The summed E-state index contributed by atoms with van der Waals surface area (Å²) in [6, 6.07) is 62.7. The number of benzene rings is 8. The molecule has 12 nitrogen and oxygen atoms in total. The van der Waals surface area contributed by atoms with Crippen molar-refractivity contribution < 1.29 is 59.8 Å². The Hall–Kier alpha value is -7.36. The van der Waals surface area contributed by atoms with Crippen LogP contribution in [0.2, 0.25) is 0 Å². The van der Waals surface area contributed by atoms with E-state index in [-0.39, 0.29) is 23.0 Å². The van der Waals surface area contributed by atoms with Crippen molar-refractivity contribution in [2.45, 2.75) is 80.7 Å². The molecule has 0 aliphatic carbocycles. The standard InChI is InChI=1S/C61H60O12/c1-57(53(62)63,41-17-9-5-10-18-41)45-25-33-49(34-26-45)70-61(71-50-35-27-46(28-36-50)58(2,54(64)65)42-19-11-6-12-20-42,72-51-37-29-47(30-38-51)59(3,55(66)67)43-21-13-7-14-22-43)73-52-39-31-48(32-40-52)60(4,56(68)69)44-23-15-8-16-24-44/h5-40,53-56,62-69H,1-4H3. The van der Waals surface area contributed by atoms with Gasteiger partial charge in [0.1, 0.15) is 23.0 Å². The summed E-state index contributed by atoms with van der Waals surface area (Å²) < 4.78 is 26.9. The summed E-state index contributed by atoms with van der Waals surface area (Å²) in [5, 5.41) is 86.4. The number of hydrogen-bond donors (Lipinski definition) is 8. The zero-order valence-corrected chi connectivity index (χ0v) is 40.8. The van der Waals surface area contributed by atoms with E-state index < -0.39 is 53.0 Å². The van der Waals surface area contributed by atoms with Crippen molar-refractivity contribution in [1.29, 1.82) is 0 Å². The minimum absolute atomic E-state index is 0.150. The van der Waals surface area contributed by atoms with Crippen LogP contribution in [0.4, 0.5) is 0 Å². The van der Waals surface area contributed by atoms with Crippen molar-refractivity contribution >= 4 is 0 Å². The first-order chi connectivity index (χ1) is 34.9. The first-order valence-corrected chi connectivity index (χ1v) is 23.8. The molecule has 0 saturated heterocycles. The van der Waals surface area contributed by atoms with Gasteiger partial charge in [-0.3, -0.25) is 0 Å². The summed E-state index contributed by atoms with van der Waals surface area (Å²) in [4.78, 5) is 0. The highest BCUT2D eigenvalue weighted by molar-refractivity contribution is 5.46. The fraction of sp³-hybridized carbons (Fsp3) is 0.213. The third kappa shape index (κ3) is 10.3. The van der Waals surface area contributed by atoms with Gasteiger partial charge >= 0.3 is 6.16 Å². The highest BCUT2D eigenvalue weighted by Gasteiger charge is 2.46. The zero-order valence-electron chi connectivity index (χ0n) is 40.8. The lowest BCUT2D eigenvalue weighted by atomic mass is 9.75. The first kappa shape index (κ1) is 52.0. The van der Waals surface area contributed by atoms with Gasteiger partial charge in [-0.25, -0.2) is 0 Å². The normalized spacial score (nSPS) is 15.9. The molecular formula is C61H60O12. The van der Waals surface area contributed by atoms with Crippen molar-refractivity contribution in [3.05, 3.63) is 263 Å². The van der Waals surface area contributed by atoms with E-state index in [0.717, 1.165) is 0 Å². The van der Waals surface area contributed by atoms with Crippen molar-refractivity contribution in [2.75, 3.05) is 0 Å². The van der Waals surface area contributed by atoms with Gasteiger partial charge in [-0.2, -0.15) is 0 Å². The van der Waals surface area contributed by atoms with E-state index >= 15 is 0 Å². The van der Waals surface area contributed by atoms with Gasteiger partial charge in [0.25, 0.3) is 0 Å². The molecule has 8 aromatic carbocycles. The summed E-state index contributed by atoms with van der Waals surface area (Å²) in [6.45, 7) is 6.87. The number of aliphatic hydroxyl groups is 8. The largest absolute Gasteiger partial charge is 0.611 e. The molecule has 0 heterocycles. The predicted molar refractivity (Wildman–Crippen MR) is 275 cm³/mol. The maximum absolute atomic E-state index is 10.8. The van der Waals surface area contributed by atoms with E-state index in [2.05, 4.69) is 0 Å². The van der Waals surface area contributed by atoms with Gasteiger partial charge in [-0.15, -0.1) is 0 Å². The molecule has 12 heteroatoms. The monoisotopic (exact) mass is 984 g/mol. The smallest absolute Gasteiger partial charge is 0.386 e. The fourth-order valence-corrected chi connectivity index (χ4v) is 9.18. The van der Waals surface area contributed by atoms with Crippen molar-refractivity contribution in [1.82, 2.24) is 0 Å². The fourth-order valence-electron chi connectivity index (χ4n) is 9.18. The summed E-state index contributed by atoms with van der Waals surface area (Å²) in [6.07, 6.45) is -9.69. The second-order valence-electron chi connectivity index (χ2n) is 18.8. The lowest BCUT2D eigenvalue weighted by Gasteiger charge is -2.35. The molecule has 0 aromatic heterocycles. The van der Waals surface area contributed by atoms with Gasteiger partial charge in [0, 0.05) is 0 Å². The average Bonchev–Trinajstić information content (AvgIpc) is 3.41. The van der Waals surface area contributed by atoms with E-state index in [4.69, 9.17) is 18.9 Å². The van der Waals surface area contributed by atoms with Gasteiger partial charge < -0.3 is 59.8 Å². The van der Waals surface area contributed by atoms with Crippen LogP contribution in [-0.4, -0.2) is 72.2 Å². The molecule has 0 spiro atoms. The molecule has 8 rings (SSSR count). The number of rotatable bonds is 20. The molecule has 0 bridgehead atoms. The van der Waals surface area contributed by atoms with Crippen molar-refractivity contribution in [2.24, 2.45) is 0 Å². The van der Waals surface area contributed by atoms with Crippen molar-refractivity contribution in [3.8, 4) is 23.0 Å². The molecule has 4 unspecified atom stereocenters. The molecule has 0 fully saturated rings. The zero-order chi connectivity index (χ0) is 52.0. The SMILES string of the molecule is CC(c1ccccc1)(c1ccc(OC(Oc2ccc(C(C)(c3ccccc3)C(O)O)cc2)(Oc2ccc(C(C)(c3ccccc3)C(O)O)cc2)Oc2ccc(C(C)(c3ccccc3)C(O)O)cc2)cc1)C(O)O. The topological polar surface area (TPSA) is 199 Å². The van der Waals surface area contributed by atoms with Crippen LogP contribution in [0.3, 0.4) is 0 Å². The molecule has 0 amide bonds. The van der Waals surface area contributed by atoms with Crippen LogP contribution >= 0.6 is 0 Å². The van der Waals surface area contributed by atoms with E-state index in [1.165, 1.54) is 0 Å². The van der Waals surface area contributed by atoms with Crippen LogP contribution in [0.1, 0.15) is 72.2 Å². The van der Waals surface area contributed by atoms with Crippen molar-refractivity contribution in [3.63, 3.8) is 0 Å². The number of ether oxygens (including phenoxy) is 4. The molecule has 8 N–H and O–H groups in total. The van der Waals surface area contributed by atoms with E-state index in [1.807, 2.05) is 121 Å². The van der Waals surface area contributed by atoms with Crippen LogP contribution in [0.25, 0.3) is 0 Å². The van der Waals surface area contributed by atoms with E-state index in [0.29, 0.717) is 44.5 Å². The Morgan fingerprint density at radius 1 is 0.233 bits per heavy atom. The Morgan fingerprint density at radius 2 is 0.384 bits per heavy atom. The first-order valence-electron chi connectivity index (χ1n) is 23.8. The molecule has 8 aromatic rings. The second-order valence-corrected chi connectivity index (χ2v) is 18.8. The quantitative estimate of drug-likeness (QED) is 0.0340. The van der Waals surface area contributed by atoms with Gasteiger partial charge in [0.05, 0.1) is 21.7 Å². The number of hydrogen-bond acceptors (Lipinski definition) is 12. The molecule has 0 radical (unpaired) electrons. The van der Waals surface area contributed by atoms with E-state index in [9.17, 15) is 40.9 Å². The van der Waals surface area contributed by atoms with Gasteiger partial charge in [-0.05, 0) is 121 Å². The average molecular weight is 985 g/mol. The van der Waals surface area contributed by atoms with Crippen LogP contribution in [-0.2, 0) is 21.7 Å². The van der Waals surface area contributed by atoms with E-state index in [1.54, 1.807) is 125 Å². The molecule has 0 aliphatic heterocycles. The molecule has 4 atom stereocenters. The Balaban J connectivity index is 1.25. The van der Waals surface area contributed by atoms with Gasteiger partial charge in [-0.1, -0.05) is 170 Å². The Kier molecular flexibility index (Phi) is 15.2. The summed E-state index contributed by atoms with van der Waals surface area (Å²) in [5.41, 5.74) is -0.212. The summed E-state index contributed by atoms with van der Waals surface area (Å²) >= 11 is 0. The van der Waals surface area contributed by atoms with Gasteiger partial charge in [0.2, 0.25) is 0 Å². The van der Waals surface area contributed by atoms with Crippen LogP contribution < -0.4 is 18.9 Å². The van der Waals surface area contributed by atoms with Crippen LogP contribution in [0, 0.1) is 0 Å². The highest BCUT2D eigenvalue weighted by atomic mass is 17.0. The lowest BCUT2D eigenvalue weighted by Crippen LogP contribution is -2.53. The molecular weight excluding hydrogens is 925 g/mol. The van der Waals surface area contributed by atoms with Crippen LogP contribution in [0.15, 0.2) is 218 Å². The maximum Gasteiger partial charge on any atom is 0.611 e. The minimum Gasteiger partial charge on any atom is -0.386 e. The minimum atomic E-state index is -2.55. The third-order valence-electron chi connectivity index (χ3n) is 14.3. The molecule has 73 heavy (non-hydrogen) atoms. The molecule has 0 aliphatic rings. The summed E-state index contributed by atoms with van der Waals surface area (Å²) in [5.74, 6) is 0.599. The Morgan fingerprint density at radius 3 is 0.534 bits per heavy atom. The molecule has 376 valence electrons.